The summed E-state index contributed by atoms with van der Waals surface area (Å²) in [5.74, 6) is -0.910. The molecule has 1 aliphatic heterocycles. The van der Waals surface area contributed by atoms with Crippen LogP contribution in [0.1, 0.15) is 11.1 Å². The molecule has 26 heavy (non-hydrogen) atoms. The normalized spacial score (nSPS) is 16.0. The molecule has 1 saturated heterocycles. The SMILES string of the molecule is O=C1/C(=C/c2cc([N+](=O)[O-])ccc2[O-])SC(=S)N1/N=C\c1ccccc1. The van der Waals surface area contributed by atoms with Crippen molar-refractivity contribution < 1.29 is 14.8 Å². The van der Waals surface area contributed by atoms with Crippen LogP contribution in [0.3, 0.4) is 0 Å². The molecule has 0 unspecified atom stereocenters. The average molecular weight is 384 g/mol. The molecule has 9 heteroatoms. The molecule has 0 radical (unpaired) electrons. The van der Waals surface area contributed by atoms with Gasteiger partial charge in [0.2, 0.25) is 0 Å². The third kappa shape index (κ3) is 3.79. The van der Waals surface area contributed by atoms with E-state index >= 15 is 0 Å². The van der Waals surface area contributed by atoms with Gasteiger partial charge >= 0.3 is 0 Å². The van der Waals surface area contributed by atoms with Crippen molar-refractivity contribution in [1.82, 2.24) is 5.01 Å². The van der Waals surface area contributed by atoms with E-state index in [2.05, 4.69) is 5.10 Å². The summed E-state index contributed by atoms with van der Waals surface area (Å²) in [6.07, 6.45) is 2.80. The lowest BCUT2D eigenvalue weighted by Gasteiger charge is -2.09. The number of non-ortho nitro benzene ring substituents is 1. The summed E-state index contributed by atoms with van der Waals surface area (Å²) in [6.45, 7) is 0. The van der Waals surface area contributed by atoms with Gasteiger partial charge in [-0.3, -0.25) is 14.9 Å². The van der Waals surface area contributed by atoms with Crippen LogP contribution in [-0.4, -0.2) is 26.4 Å². The summed E-state index contributed by atoms with van der Waals surface area (Å²) in [5, 5.41) is 27.9. The Hall–Kier alpha value is -3.04. The number of carbonyl (C=O) groups excluding carboxylic acids is 1. The molecule has 0 aromatic heterocycles. The lowest BCUT2D eigenvalue weighted by molar-refractivity contribution is -0.385. The Labute approximate surface area is 157 Å². The maximum Gasteiger partial charge on any atom is 0.286 e. The predicted octanol–water partition coefficient (Wildman–Crippen LogP) is 2.90. The molecule has 1 amide bonds. The van der Waals surface area contributed by atoms with Crippen LogP contribution in [0.2, 0.25) is 0 Å². The van der Waals surface area contributed by atoms with Crippen LogP contribution in [0.4, 0.5) is 5.69 Å². The number of carbonyl (C=O) groups is 1. The number of amides is 1. The maximum absolute atomic E-state index is 12.5. The van der Waals surface area contributed by atoms with E-state index in [1.165, 1.54) is 12.3 Å². The van der Waals surface area contributed by atoms with Gasteiger partial charge in [-0.25, -0.2) is 0 Å². The molecule has 7 nitrogen and oxygen atoms in total. The molecule has 0 N–H and O–H groups in total. The van der Waals surface area contributed by atoms with E-state index in [1.54, 1.807) is 0 Å². The van der Waals surface area contributed by atoms with Gasteiger partial charge in [-0.2, -0.15) is 10.1 Å². The van der Waals surface area contributed by atoms with Gasteiger partial charge in [-0.15, -0.1) is 5.75 Å². The van der Waals surface area contributed by atoms with Crippen molar-refractivity contribution in [3.8, 4) is 5.75 Å². The summed E-state index contributed by atoms with van der Waals surface area (Å²) in [5.41, 5.74) is 0.617. The lowest BCUT2D eigenvalue weighted by Crippen LogP contribution is -2.22. The Morgan fingerprint density at radius 1 is 1.19 bits per heavy atom. The second-order valence-electron chi connectivity index (χ2n) is 5.13. The van der Waals surface area contributed by atoms with Gasteiger partial charge in [0.05, 0.1) is 16.0 Å². The van der Waals surface area contributed by atoms with E-state index < -0.39 is 16.6 Å². The Kier molecular flexibility index (Phi) is 5.10. The maximum atomic E-state index is 12.5. The minimum absolute atomic E-state index is 0.0479. The highest BCUT2D eigenvalue weighted by Crippen LogP contribution is 2.34. The smallest absolute Gasteiger partial charge is 0.286 e. The highest BCUT2D eigenvalue weighted by atomic mass is 32.2. The number of benzene rings is 2. The monoisotopic (exact) mass is 384 g/mol. The molecule has 0 saturated carbocycles. The summed E-state index contributed by atoms with van der Waals surface area (Å²) in [6, 6.07) is 12.5. The van der Waals surface area contributed by atoms with Crippen LogP contribution >= 0.6 is 24.0 Å². The number of thioether (sulfide) groups is 1. The molecule has 1 aliphatic rings. The average Bonchev–Trinajstić information content (AvgIpc) is 2.89. The second-order valence-corrected chi connectivity index (χ2v) is 6.80. The fourth-order valence-electron chi connectivity index (χ4n) is 2.13. The molecular weight excluding hydrogens is 374 g/mol. The van der Waals surface area contributed by atoms with Gasteiger partial charge in [0.15, 0.2) is 4.32 Å². The summed E-state index contributed by atoms with van der Waals surface area (Å²) < 4.78 is 0.214. The van der Waals surface area contributed by atoms with Crippen LogP contribution in [0.5, 0.6) is 5.75 Å². The third-order valence-electron chi connectivity index (χ3n) is 3.39. The lowest BCUT2D eigenvalue weighted by atomic mass is 10.1. The van der Waals surface area contributed by atoms with Gasteiger partial charge in [0.25, 0.3) is 11.6 Å². The van der Waals surface area contributed by atoms with Crippen molar-refractivity contribution in [2.75, 3.05) is 0 Å². The summed E-state index contributed by atoms with van der Waals surface area (Å²) in [4.78, 5) is 22.9. The molecule has 130 valence electrons. The fourth-order valence-corrected chi connectivity index (χ4v) is 3.29. The van der Waals surface area contributed by atoms with Gasteiger partial charge in [0.1, 0.15) is 0 Å². The molecule has 0 bridgehead atoms. The Morgan fingerprint density at radius 2 is 1.92 bits per heavy atom. The van der Waals surface area contributed by atoms with Gasteiger partial charge in [-0.1, -0.05) is 48.2 Å². The van der Waals surface area contributed by atoms with Crippen LogP contribution in [0.15, 0.2) is 58.5 Å². The number of thiocarbonyl (C=S) groups is 1. The first-order chi connectivity index (χ1) is 12.5. The molecule has 3 rings (SSSR count). The predicted molar refractivity (Wildman–Crippen MR) is 102 cm³/mol. The number of hydrogen-bond donors (Lipinski definition) is 0. The number of nitro benzene ring substituents is 1. The van der Waals surface area contributed by atoms with E-state index in [0.717, 1.165) is 40.5 Å². The first-order valence-electron chi connectivity index (χ1n) is 7.28. The summed E-state index contributed by atoms with van der Waals surface area (Å²) >= 11 is 6.13. The summed E-state index contributed by atoms with van der Waals surface area (Å²) in [7, 11) is 0. The van der Waals surface area contributed by atoms with Crippen molar-refractivity contribution in [3.63, 3.8) is 0 Å². The van der Waals surface area contributed by atoms with E-state index in [1.807, 2.05) is 30.3 Å². The van der Waals surface area contributed by atoms with Crippen molar-refractivity contribution in [1.29, 1.82) is 0 Å². The molecule has 1 fully saturated rings. The van der Waals surface area contributed by atoms with Gasteiger partial charge in [0, 0.05) is 12.1 Å². The van der Waals surface area contributed by atoms with Gasteiger partial charge < -0.3 is 5.11 Å². The zero-order chi connectivity index (χ0) is 18.7. The van der Waals surface area contributed by atoms with E-state index in [4.69, 9.17) is 12.2 Å². The molecule has 2 aromatic carbocycles. The fraction of sp³-hybridized carbons (Fsp3) is 0. The van der Waals surface area contributed by atoms with Crippen molar-refractivity contribution in [2.24, 2.45) is 5.10 Å². The van der Waals surface area contributed by atoms with Crippen molar-refractivity contribution >= 4 is 52.2 Å². The van der Waals surface area contributed by atoms with Crippen molar-refractivity contribution in [3.05, 3.63) is 74.7 Å². The van der Waals surface area contributed by atoms with Gasteiger partial charge in [-0.05, 0) is 29.4 Å². The topological polar surface area (TPSA) is 98.9 Å². The molecule has 0 atom stereocenters. The molecular formula is C17H10N3O4S2-. The van der Waals surface area contributed by atoms with Crippen LogP contribution < -0.4 is 5.11 Å². The highest BCUT2D eigenvalue weighted by Gasteiger charge is 2.32. The third-order valence-corrected chi connectivity index (χ3v) is 4.67. The van der Waals surface area contributed by atoms with E-state index in [0.29, 0.717) is 0 Å². The molecule has 0 spiro atoms. The van der Waals surface area contributed by atoms with Crippen LogP contribution in [-0.2, 0) is 4.79 Å². The Balaban J connectivity index is 1.87. The first kappa shape index (κ1) is 17.8. The van der Waals surface area contributed by atoms with E-state index in [-0.39, 0.29) is 20.5 Å². The zero-order valence-corrected chi connectivity index (χ0v) is 14.7. The number of rotatable bonds is 4. The van der Waals surface area contributed by atoms with Crippen LogP contribution in [0.25, 0.3) is 6.08 Å². The minimum Gasteiger partial charge on any atom is -0.872 e. The number of nitro groups is 1. The highest BCUT2D eigenvalue weighted by molar-refractivity contribution is 8.26. The van der Waals surface area contributed by atoms with E-state index in [9.17, 15) is 20.0 Å². The van der Waals surface area contributed by atoms with Crippen molar-refractivity contribution in [2.45, 2.75) is 0 Å². The second kappa shape index (κ2) is 7.46. The zero-order valence-electron chi connectivity index (χ0n) is 13.1. The first-order valence-corrected chi connectivity index (χ1v) is 8.50. The number of hydrogen-bond acceptors (Lipinski definition) is 7. The largest absolute Gasteiger partial charge is 0.872 e. The molecule has 0 aliphatic carbocycles. The minimum atomic E-state index is -0.605. The molecule has 2 aromatic rings. The number of nitrogens with zero attached hydrogens (tertiary/aromatic N) is 3. The van der Waals surface area contributed by atoms with Crippen LogP contribution in [0, 0.1) is 10.1 Å². The number of hydrazone groups is 1. The Bertz CT molecular complexity index is 958. The molecule has 1 heterocycles. The Morgan fingerprint density at radius 3 is 2.62 bits per heavy atom. The quantitative estimate of drug-likeness (QED) is 0.264. The standard InChI is InChI=1S/C17H11N3O4S2/c21-14-7-6-13(20(23)24)8-12(14)9-15-16(22)19(17(25)26-15)18-10-11-4-2-1-3-5-11/h1-10,21H/p-1/b15-9-,18-10-.